The van der Waals surface area contributed by atoms with Crippen molar-refractivity contribution in [3.63, 3.8) is 0 Å². The summed E-state index contributed by atoms with van der Waals surface area (Å²) in [6.07, 6.45) is 5.67. The van der Waals surface area contributed by atoms with Gasteiger partial charge in [0.05, 0.1) is 23.1 Å². The largest absolute Gasteiger partial charge is 0.490 e. The molecule has 2 aromatic rings. The number of amides is 3. The number of thioether (sulfide) groups is 1. The molecular formula is C28H28BrN3O5S. The van der Waals surface area contributed by atoms with Crippen LogP contribution in [-0.2, 0) is 16.2 Å². The first-order chi connectivity index (χ1) is 18.4. The van der Waals surface area contributed by atoms with E-state index in [9.17, 15) is 19.6 Å². The minimum Gasteiger partial charge on any atom is -0.490 e. The van der Waals surface area contributed by atoms with Crippen LogP contribution in [-0.4, -0.2) is 53.1 Å². The number of likely N-dealkylation sites (tertiary alicyclic amines) is 1. The van der Waals surface area contributed by atoms with Crippen LogP contribution in [0, 0.1) is 11.3 Å². The summed E-state index contributed by atoms with van der Waals surface area (Å²) in [5.74, 6) is 0.253. The van der Waals surface area contributed by atoms with Crippen LogP contribution in [0.4, 0.5) is 4.79 Å². The smallest absolute Gasteiger partial charge is 0.294 e. The van der Waals surface area contributed by atoms with Gasteiger partial charge in [-0.15, -0.1) is 0 Å². The molecule has 0 bridgehead atoms. The third-order valence-corrected chi connectivity index (χ3v) is 7.89. The lowest BCUT2D eigenvalue weighted by atomic mass is 10.1. The van der Waals surface area contributed by atoms with E-state index in [-0.39, 0.29) is 24.0 Å². The van der Waals surface area contributed by atoms with Gasteiger partial charge in [0.25, 0.3) is 11.1 Å². The van der Waals surface area contributed by atoms with Crippen molar-refractivity contribution in [3.05, 3.63) is 62.5 Å². The molecule has 2 saturated heterocycles. The van der Waals surface area contributed by atoms with E-state index in [0.29, 0.717) is 46.8 Å². The zero-order valence-electron chi connectivity index (χ0n) is 21.1. The van der Waals surface area contributed by atoms with E-state index in [1.807, 2.05) is 19.1 Å². The molecule has 4 rings (SSSR count). The van der Waals surface area contributed by atoms with Crippen molar-refractivity contribution < 1.29 is 23.9 Å². The number of hydrogen-bond donors (Lipinski definition) is 0. The van der Waals surface area contributed by atoms with E-state index < -0.39 is 11.1 Å². The van der Waals surface area contributed by atoms with Gasteiger partial charge in [0.2, 0.25) is 5.91 Å². The third-order valence-electron chi connectivity index (χ3n) is 6.30. The maximum absolute atomic E-state index is 13.1. The highest BCUT2D eigenvalue weighted by molar-refractivity contribution is 9.10. The number of nitrogens with zero attached hydrogens (tertiary/aromatic N) is 3. The maximum Gasteiger partial charge on any atom is 0.294 e. The van der Waals surface area contributed by atoms with Crippen LogP contribution >= 0.6 is 27.7 Å². The first-order valence-electron chi connectivity index (χ1n) is 12.5. The van der Waals surface area contributed by atoms with Gasteiger partial charge < -0.3 is 14.4 Å². The Labute approximate surface area is 234 Å². The summed E-state index contributed by atoms with van der Waals surface area (Å²) in [6, 6.07) is 12.8. The number of carbonyl (C=O) groups excluding carboxylic acids is 3. The fourth-order valence-electron chi connectivity index (χ4n) is 4.29. The molecule has 198 valence electrons. The summed E-state index contributed by atoms with van der Waals surface area (Å²) in [4.78, 5) is 41.5. The number of hydrogen-bond acceptors (Lipinski definition) is 7. The molecule has 2 heterocycles. The molecule has 0 saturated carbocycles. The Balaban J connectivity index is 1.51. The zero-order chi connectivity index (χ0) is 27.1. The third kappa shape index (κ3) is 6.58. The number of nitriles is 1. The number of ether oxygens (including phenoxy) is 2. The fraction of sp³-hybridized carbons (Fsp3) is 0.357. The van der Waals surface area contributed by atoms with Gasteiger partial charge in [-0.05, 0) is 61.4 Å². The van der Waals surface area contributed by atoms with Crippen LogP contribution in [0.5, 0.6) is 11.5 Å². The molecule has 0 atom stereocenters. The van der Waals surface area contributed by atoms with Crippen LogP contribution in [0.25, 0.3) is 6.08 Å². The molecule has 2 fully saturated rings. The fourth-order valence-corrected chi connectivity index (χ4v) is 5.55. The molecule has 2 aromatic carbocycles. The van der Waals surface area contributed by atoms with Crippen molar-refractivity contribution in [2.24, 2.45) is 0 Å². The summed E-state index contributed by atoms with van der Waals surface area (Å²) < 4.78 is 12.4. The summed E-state index contributed by atoms with van der Waals surface area (Å²) >= 11 is 4.35. The van der Waals surface area contributed by atoms with Gasteiger partial charge in [-0.2, -0.15) is 5.26 Å². The first-order valence-corrected chi connectivity index (χ1v) is 14.1. The first kappa shape index (κ1) is 27.7. The highest BCUT2D eigenvalue weighted by Gasteiger charge is 2.37. The standard InChI is InChI=1S/C28H28BrN3O5S/c1-2-36-23-13-21(22(29)15-24(23)37-18-20-10-6-5-9-19(20)16-30)14-25-27(34)32(28(35)38-25)17-26(33)31-11-7-3-4-8-12-31/h5-6,9-10,13-15H,2-4,7-8,11-12,17-18H2,1H3. The highest BCUT2D eigenvalue weighted by Crippen LogP contribution is 2.38. The minimum atomic E-state index is -0.485. The van der Waals surface area contributed by atoms with Gasteiger partial charge in [0, 0.05) is 23.1 Å². The van der Waals surface area contributed by atoms with Crippen molar-refractivity contribution in [1.29, 1.82) is 5.26 Å². The Morgan fingerprint density at radius 2 is 1.82 bits per heavy atom. The van der Waals surface area contributed by atoms with Gasteiger partial charge in [-0.1, -0.05) is 47.0 Å². The van der Waals surface area contributed by atoms with Crippen molar-refractivity contribution in [2.75, 3.05) is 26.2 Å². The van der Waals surface area contributed by atoms with Gasteiger partial charge in [-0.3, -0.25) is 19.3 Å². The molecule has 0 aliphatic carbocycles. The number of carbonyl (C=O) groups is 3. The quantitative estimate of drug-likeness (QED) is 0.358. The monoisotopic (exact) mass is 597 g/mol. The number of benzene rings is 2. The normalized spacial score (nSPS) is 16.9. The Bertz CT molecular complexity index is 1300. The molecule has 2 aliphatic heterocycles. The summed E-state index contributed by atoms with van der Waals surface area (Å²) in [6.45, 7) is 3.50. The summed E-state index contributed by atoms with van der Waals surface area (Å²) in [7, 11) is 0. The van der Waals surface area contributed by atoms with E-state index in [2.05, 4.69) is 22.0 Å². The second kappa shape index (κ2) is 13.0. The molecule has 0 aromatic heterocycles. The Kier molecular flexibility index (Phi) is 9.48. The molecule has 0 radical (unpaired) electrons. The van der Waals surface area contributed by atoms with Crippen LogP contribution in [0.2, 0.25) is 0 Å². The summed E-state index contributed by atoms with van der Waals surface area (Å²) in [5, 5.41) is 8.88. The van der Waals surface area contributed by atoms with Crippen LogP contribution in [0.1, 0.15) is 49.3 Å². The molecule has 2 aliphatic rings. The zero-order valence-corrected chi connectivity index (χ0v) is 23.5. The highest BCUT2D eigenvalue weighted by atomic mass is 79.9. The number of rotatable bonds is 8. The van der Waals surface area contributed by atoms with Crippen molar-refractivity contribution >= 4 is 50.8 Å². The van der Waals surface area contributed by atoms with E-state index in [1.54, 1.807) is 35.2 Å². The van der Waals surface area contributed by atoms with Crippen molar-refractivity contribution in [3.8, 4) is 17.6 Å². The van der Waals surface area contributed by atoms with Gasteiger partial charge in [0.15, 0.2) is 11.5 Å². The number of halogens is 1. The predicted octanol–water partition coefficient (Wildman–Crippen LogP) is 5.74. The van der Waals surface area contributed by atoms with Crippen molar-refractivity contribution in [2.45, 2.75) is 39.2 Å². The van der Waals surface area contributed by atoms with Crippen LogP contribution in [0.3, 0.4) is 0 Å². The van der Waals surface area contributed by atoms with Gasteiger partial charge >= 0.3 is 0 Å². The van der Waals surface area contributed by atoms with Gasteiger partial charge in [0.1, 0.15) is 13.2 Å². The van der Waals surface area contributed by atoms with Crippen LogP contribution in [0.15, 0.2) is 45.8 Å². The molecule has 0 spiro atoms. The maximum atomic E-state index is 13.1. The molecule has 0 unspecified atom stereocenters. The molecular weight excluding hydrogens is 570 g/mol. The Morgan fingerprint density at radius 3 is 2.53 bits per heavy atom. The van der Waals surface area contributed by atoms with E-state index in [4.69, 9.17) is 9.47 Å². The number of imide groups is 1. The SMILES string of the molecule is CCOc1cc(C=C2SC(=O)N(CC(=O)N3CCCCCC3)C2=O)c(Br)cc1OCc1ccccc1C#N. The average molecular weight is 599 g/mol. The van der Waals surface area contributed by atoms with Crippen molar-refractivity contribution in [1.82, 2.24) is 9.80 Å². The lowest BCUT2D eigenvalue weighted by molar-refractivity contribution is -0.135. The molecule has 0 N–H and O–H groups in total. The summed E-state index contributed by atoms with van der Waals surface area (Å²) in [5.41, 5.74) is 1.91. The van der Waals surface area contributed by atoms with Crippen LogP contribution < -0.4 is 9.47 Å². The minimum absolute atomic E-state index is 0.180. The van der Waals surface area contributed by atoms with E-state index >= 15 is 0 Å². The lowest BCUT2D eigenvalue weighted by Crippen LogP contribution is -2.42. The lowest BCUT2D eigenvalue weighted by Gasteiger charge is -2.22. The van der Waals surface area contributed by atoms with E-state index in [1.165, 1.54) is 0 Å². The molecule has 8 nitrogen and oxygen atoms in total. The Hall–Kier alpha value is -3.29. The van der Waals surface area contributed by atoms with E-state index in [0.717, 1.165) is 47.9 Å². The Morgan fingerprint density at radius 1 is 1.11 bits per heavy atom. The second-order valence-corrected chi connectivity index (χ2v) is 10.7. The second-order valence-electron chi connectivity index (χ2n) is 8.87. The van der Waals surface area contributed by atoms with Gasteiger partial charge in [-0.25, -0.2) is 0 Å². The molecule has 3 amide bonds. The molecule has 10 heteroatoms. The molecule has 38 heavy (non-hydrogen) atoms. The predicted molar refractivity (Wildman–Crippen MR) is 149 cm³/mol. The topological polar surface area (TPSA) is 99.9 Å². The average Bonchev–Trinajstić information content (AvgIpc) is 3.10.